The number of benzene rings is 3. The molecule has 0 radical (unpaired) electrons. The highest BCUT2D eigenvalue weighted by atomic mass is 16.6. The maximum atomic E-state index is 6.67. The van der Waals surface area contributed by atoms with Gasteiger partial charge < -0.3 is 18.8 Å². The summed E-state index contributed by atoms with van der Waals surface area (Å²) < 4.78 is 22.3. The van der Waals surface area contributed by atoms with Gasteiger partial charge in [-0.3, -0.25) is 0 Å². The number of aryl methyl sites for hydroxylation is 1. The normalized spacial score (nSPS) is 20.8. The Balaban J connectivity index is 1.32. The fourth-order valence-electron chi connectivity index (χ4n) is 5.48. The molecule has 1 aromatic heterocycles. The predicted octanol–water partition coefficient (Wildman–Crippen LogP) is 6.20. The van der Waals surface area contributed by atoms with Gasteiger partial charge in [0.05, 0.1) is 32.1 Å². The summed E-state index contributed by atoms with van der Waals surface area (Å²) in [6, 6.07) is 31.0. The maximum absolute atomic E-state index is 6.67. The lowest BCUT2D eigenvalue weighted by atomic mass is 9.99. The molecule has 0 bridgehead atoms. The summed E-state index contributed by atoms with van der Waals surface area (Å²) >= 11 is 0. The molecule has 4 aromatic rings. The van der Waals surface area contributed by atoms with Crippen LogP contribution in [0.25, 0.3) is 0 Å². The Hall–Kier alpha value is -3.25. The van der Waals surface area contributed by atoms with E-state index < -0.39 is 0 Å². The van der Waals surface area contributed by atoms with Crippen LogP contribution in [0.3, 0.4) is 0 Å². The first-order valence-corrected chi connectivity index (χ1v) is 13.4. The molecule has 0 saturated carbocycles. The molecule has 2 heterocycles. The van der Waals surface area contributed by atoms with Gasteiger partial charge in [0.2, 0.25) is 0 Å². The summed E-state index contributed by atoms with van der Waals surface area (Å²) in [4.78, 5) is 5.15. The smallest absolute Gasteiger partial charge is 0.144 e. The van der Waals surface area contributed by atoms with Crippen molar-refractivity contribution in [2.75, 3.05) is 0 Å². The molecule has 0 fully saturated rings. The number of imidazole rings is 1. The highest BCUT2D eigenvalue weighted by molar-refractivity contribution is 5.25. The second-order valence-electron chi connectivity index (χ2n) is 9.99. The Morgan fingerprint density at radius 1 is 0.649 bits per heavy atom. The third-order valence-electron chi connectivity index (χ3n) is 7.41. The van der Waals surface area contributed by atoms with Gasteiger partial charge in [-0.05, 0) is 42.4 Å². The molecule has 3 atom stereocenters. The molecule has 37 heavy (non-hydrogen) atoms. The molecule has 3 aromatic carbocycles. The fourth-order valence-corrected chi connectivity index (χ4v) is 5.48. The number of hydrogen-bond donors (Lipinski definition) is 0. The first-order valence-electron chi connectivity index (χ1n) is 13.4. The monoisotopic (exact) mass is 494 g/mol. The zero-order valence-corrected chi connectivity index (χ0v) is 21.2. The van der Waals surface area contributed by atoms with Crippen LogP contribution >= 0.6 is 0 Å². The van der Waals surface area contributed by atoms with E-state index in [1.54, 1.807) is 0 Å². The van der Waals surface area contributed by atoms with E-state index in [0.29, 0.717) is 19.8 Å². The van der Waals surface area contributed by atoms with Crippen LogP contribution in [-0.2, 0) is 53.4 Å². The number of ether oxygens (including phenoxy) is 3. The zero-order valence-electron chi connectivity index (χ0n) is 21.2. The van der Waals surface area contributed by atoms with Crippen molar-refractivity contribution in [1.29, 1.82) is 0 Å². The molecule has 5 nitrogen and oxygen atoms in total. The average molecular weight is 495 g/mol. The minimum atomic E-state index is -0.316. The SMILES string of the molecule is c1ccc(CO[C@H]2[C@@H](OCc3ccccc3)Cn3c(nc4c3CCCC4)[C@@H]2OCc2ccccc2)cc1. The molecular formula is C32H34N2O3. The van der Waals surface area contributed by atoms with Crippen LogP contribution in [0.5, 0.6) is 0 Å². The number of nitrogens with zero attached hydrogens (tertiary/aromatic N) is 2. The summed E-state index contributed by atoms with van der Waals surface area (Å²) in [5.41, 5.74) is 6.01. The molecule has 5 heteroatoms. The van der Waals surface area contributed by atoms with Crippen LogP contribution in [0.15, 0.2) is 91.0 Å². The van der Waals surface area contributed by atoms with Gasteiger partial charge in [0, 0.05) is 5.69 Å². The lowest BCUT2D eigenvalue weighted by Crippen LogP contribution is -2.46. The van der Waals surface area contributed by atoms with Crippen LogP contribution in [0.1, 0.15) is 52.8 Å². The fraction of sp³-hybridized carbons (Fsp3) is 0.344. The molecule has 6 rings (SSSR count). The molecule has 1 aliphatic carbocycles. The predicted molar refractivity (Wildman–Crippen MR) is 143 cm³/mol. The van der Waals surface area contributed by atoms with Gasteiger partial charge in [0.15, 0.2) is 0 Å². The van der Waals surface area contributed by atoms with Crippen molar-refractivity contribution in [3.05, 3.63) is 125 Å². The highest BCUT2D eigenvalue weighted by Gasteiger charge is 2.42. The largest absolute Gasteiger partial charge is 0.369 e. The van der Waals surface area contributed by atoms with Gasteiger partial charge in [-0.2, -0.15) is 0 Å². The molecule has 190 valence electrons. The number of hydrogen-bond acceptors (Lipinski definition) is 4. The van der Waals surface area contributed by atoms with Crippen LogP contribution in [0.2, 0.25) is 0 Å². The standard InChI is InChI=1S/C32H34N2O3/c1-4-12-24(13-5-1)21-35-29-20-34-28-19-11-10-18-27(28)33-32(34)31(37-23-26-16-8-3-9-17-26)30(29)36-22-25-14-6-2-7-15-25/h1-9,12-17,29-31H,10-11,18-23H2/t29-,30-,31+/m0/s1. The molecule has 0 amide bonds. The van der Waals surface area contributed by atoms with Crippen molar-refractivity contribution >= 4 is 0 Å². The van der Waals surface area contributed by atoms with E-state index in [0.717, 1.165) is 41.9 Å². The van der Waals surface area contributed by atoms with Gasteiger partial charge in [0.1, 0.15) is 24.1 Å². The molecular weight excluding hydrogens is 460 g/mol. The third-order valence-corrected chi connectivity index (χ3v) is 7.41. The molecule has 0 spiro atoms. The van der Waals surface area contributed by atoms with Crippen molar-refractivity contribution in [2.45, 2.75) is 70.4 Å². The topological polar surface area (TPSA) is 45.5 Å². The molecule has 0 N–H and O–H groups in total. The van der Waals surface area contributed by atoms with Gasteiger partial charge in [0.25, 0.3) is 0 Å². The first kappa shape index (κ1) is 24.1. The molecule has 2 aliphatic rings. The average Bonchev–Trinajstić information content (AvgIpc) is 3.34. The Morgan fingerprint density at radius 2 is 1.19 bits per heavy atom. The third kappa shape index (κ3) is 5.54. The second kappa shape index (κ2) is 11.4. The Labute approximate surface area is 219 Å². The number of fused-ring (bicyclic) bond motifs is 3. The lowest BCUT2D eigenvalue weighted by molar-refractivity contribution is -0.171. The summed E-state index contributed by atoms with van der Waals surface area (Å²) in [6.07, 6.45) is 3.75. The van der Waals surface area contributed by atoms with Crippen LogP contribution in [0.4, 0.5) is 0 Å². The van der Waals surface area contributed by atoms with Gasteiger partial charge in [-0.15, -0.1) is 0 Å². The van der Waals surface area contributed by atoms with Crippen molar-refractivity contribution in [1.82, 2.24) is 9.55 Å². The molecule has 0 saturated heterocycles. The second-order valence-corrected chi connectivity index (χ2v) is 9.99. The van der Waals surface area contributed by atoms with E-state index in [-0.39, 0.29) is 18.3 Å². The Morgan fingerprint density at radius 3 is 1.81 bits per heavy atom. The van der Waals surface area contributed by atoms with E-state index in [2.05, 4.69) is 53.1 Å². The van der Waals surface area contributed by atoms with E-state index in [9.17, 15) is 0 Å². The van der Waals surface area contributed by atoms with Gasteiger partial charge in [-0.25, -0.2) is 4.98 Å². The highest BCUT2D eigenvalue weighted by Crippen LogP contribution is 2.37. The van der Waals surface area contributed by atoms with Crippen LogP contribution < -0.4 is 0 Å². The van der Waals surface area contributed by atoms with Gasteiger partial charge >= 0.3 is 0 Å². The minimum Gasteiger partial charge on any atom is -0.369 e. The van der Waals surface area contributed by atoms with E-state index >= 15 is 0 Å². The van der Waals surface area contributed by atoms with Crippen molar-refractivity contribution < 1.29 is 14.2 Å². The summed E-state index contributed by atoms with van der Waals surface area (Å²) in [5.74, 6) is 0.987. The van der Waals surface area contributed by atoms with Gasteiger partial charge in [-0.1, -0.05) is 91.0 Å². The summed E-state index contributed by atoms with van der Waals surface area (Å²) in [6.45, 7) is 2.27. The Kier molecular flexibility index (Phi) is 7.45. The van der Waals surface area contributed by atoms with Crippen molar-refractivity contribution in [3.8, 4) is 0 Å². The quantitative estimate of drug-likeness (QED) is 0.278. The van der Waals surface area contributed by atoms with Crippen LogP contribution in [-0.4, -0.2) is 21.8 Å². The summed E-state index contributed by atoms with van der Waals surface area (Å²) in [7, 11) is 0. The maximum Gasteiger partial charge on any atom is 0.144 e. The summed E-state index contributed by atoms with van der Waals surface area (Å²) in [5, 5.41) is 0. The lowest BCUT2D eigenvalue weighted by Gasteiger charge is -2.38. The van der Waals surface area contributed by atoms with E-state index in [1.165, 1.54) is 24.2 Å². The zero-order chi connectivity index (χ0) is 24.9. The van der Waals surface area contributed by atoms with Crippen LogP contribution in [0, 0.1) is 0 Å². The number of rotatable bonds is 9. The molecule has 0 unspecified atom stereocenters. The Bertz CT molecular complexity index is 1270. The first-order chi connectivity index (χ1) is 18.3. The molecule has 1 aliphatic heterocycles. The minimum absolute atomic E-state index is 0.155. The van der Waals surface area contributed by atoms with Crippen molar-refractivity contribution in [2.24, 2.45) is 0 Å². The number of aromatic nitrogens is 2. The van der Waals surface area contributed by atoms with Crippen molar-refractivity contribution in [3.63, 3.8) is 0 Å². The van der Waals surface area contributed by atoms with E-state index in [4.69, 9.17) is 19.2 Å². The van der Waals surface area contributed by atoms with E-state index in [1.807, 2.05) is 42.5 Å².